The maximum Gasteiger partial charge on any atom is 0.431 e. The number of para-hydroxylation sites is 1. The molecule has 1 rings (SSSR count). The number of rotatable bonds is 2. The smallest absolute Gasteiger partial charge is 0.431 e. The predicted octanol–water partition coefficient (Wildman–Crippen LogP) is 0.872. The minimum atomic E-state index is -1.44. The van der Waals surface area contributed by atoms with Gasteiger partial charge in [-0.05, 0) is 19.1 Å². The summed E-state index contributed by atoms with van der Waals surface area (Å²) < 4.78 is 9.50. The van der Waals surface area contributed by atoms with E-state index in [0.717, 1.165) is 0 Å². The van der Waals surface area contributed by atoms with E-state index in [1.54, 1.807) is 29.9 Å². The molecule has 2 amide bonds. The third kappa shape index (κ3) is 5.98. The largest absolute Gasteiger partial charge is 0.464 e. The fraction of sp³-hybridized carbons (Fsp3) is 0.154. The Labute approximate surface area is 120 Å². The predicted molar refractivity (Wildman–Crippen MR) is 70.3 cm³/mol. The molecule has 0 bridgehead atoms. The first kappa shape index (κ1) is 15.8. The number of ether oxygens (including phenoxy) is 2. The minimum Gasteiger partial charge on any atom is -0.464 e. The van der Waals surface area contributed by atoms with Gasteiger partial charge in [-0.15, -0.1) is 0 Å². The number of carbonyl (C=O) groups is 3. The Kier molecular flexibility index (Phi) is 6.08. The average molecular weight is 292 g/mol. The maximum atomic E-state index is 11.3. The molecule has 3 N–H and O–H groups in total. The van der Waals surface area contributed by atoms with E-state index in [1.165, 1.54) is 12.1 Å². The van der Waals surface area contributed by atoms with E-state index in [4.69, 9.17) is 9.84 Å². The zero-order chi connectivity index (χ0) is 15.7. The lowest BCUT2D eigenvalue weighted by atomic mass is 10.2. The van der Waals surface area contributed by atoms with Gasteiger partial charge in [0.2, 0.25) is 0 Å². The van der Waals surface area contributed by atoms with E-state index in [9.17, 15) is 14.4 Å². The van der Waals surface area contributed by atoms with Crippen LogP contribution in [0, 0.1) is 11.8 Å². The van der Waals surface area contributed by atoms with Crippen molar-refractivity contribution in [1.29, 1.82) is 0 Å². The SMILES string of the molecule is CCOC(=O)C#Cc1ccccc1OC(=O)NNC(=O)O. The number of carbonyl (C=O) groups excluding carboxylic acids is 2. The van der Waals surface area contributed by atoms with Crippen LogP contribution in [0.1, 0.15) is 12.5 Å². The molecule has 0 saturated heterocycles. The topological polar surface area (TPSA) is 114 Å². The molecule has 1 aromatic carbocycles. The Bertz CT molecular complexity index is 602. The number of nitrogens with one attached hydrogen (secondary N) is 2. The number of carboxylic acid groups (broad SMARTS) is 1. The van der Waals surface area contributed by atoms with Gasteiger partial charge in [-0.2, -0.15) is 0 Å². The molecule has 0 heterocycles. The highest BCUT2D eigenvalue weighted by atomic mass is 16.6. The van der Waals surface area contributed by atoms with Crippen LogP contribution >= 0.6 is 0 Å². The molecule has 0 unspecified atom stereocenters. The molecule has 8 heteroatoms. The van der Waals surface area contributed by atoms with E-state index in [-0.39, 0.29) is 17.9 Å². The summed E-state index contributed by atoms with van der Waals surface area (Å²) in [5, 5.41) is 8.32. The zero-order valence-corrected chi connectivity index (χ0v) is 11.0. The molecule has 0 aliphatic rings. The molecule has 8 nitrogen and oxygen atoms in total. The van der Waals surface area contributed by atoms with Crippen LogP contribution in [0.2, 0.25) is 0 Å². The molecule has 21 heavy (non-hydrogen) atoms. The Morgan fingerprint density at radius 1 is 1.24 bits per heavy atom. The summed E-state index contributed by atoms with van der Waals surface area (Å²) >= 11 is 0. The fourth-order valence-electron chi connectivity index (χ4n) is 1.17. The summed E-state index contributed by atoms with van der Waals surface area (Å²) in [5.74, 6) is 4.10. The Balaban J connectivity index is 2.77. The summed E-state index contributed by atoms with van der Waals surface area (Å²) in [5.41, 5.74) is 3.70. The maximum absolute atomic E-state index is 11.3. The van der Waals surface area contributed by atoms with E-state index in [1.807, 2.05) is 0 Å². The van der Waals surface area contributed by atoms with Gasteiger partial charge in [0.15, 0.2) is 0 Å². The van der Waals surface area contributed by atoms with Crippen LogP contribution in [0.3, 0.4) is 0 Å². The highest BCUT2D eigenvalue weighted by molar-refractivity contribution is 5.89. The minimum absolute atomic E-state index is 0.0685. The highest BCUT2D eigenvalue weighted by Gasteiger charge is 2.08. The van der Waals surface area contributed by atoms with Crippen LogP contribution < -0.4 is 15.6 Å². The number of hydrazine groups is 1. The Hall–Kier alpha value is -3.21. The molecule has 0 saturated carbocycles. The Morgan fingerprint density at radius 3 is 2.62 bits per heavy atom. The lowest BCUT2D eigenvalue weighted by molar-refractivity contribution is -0.136. The van der Waals surface area contributed by atoms with Crippen molar-refractivity contribution in [2.75, 3.05) is 6.61 Å². The van der Waals surface area contributed by atoms with Crippen molar-refractivity contribution in [3.63, 3.8) is 0 Å². The van der Waals surface area contributed by atoms with Crippen molar-refractivity contribution in [3.05, 3.63) is 29.8 Å². The van der Waals surface area contributed by atoms with Crippen molar-refractivity contribution in [2.24, 2.45) is 0 Å². The van der Waals surface area contributed by atoms with E-state index in [0.29, 0.717) is 0 Å². The first-order chi connectivity index (χ1) is 10.0. The van der Waals surface area contributed by atoms with Crippen LogP contribution in [0.15, 0.2) is 24.3 Å². The quantitative estimate of drug-likeness (QED) is 0.423. The monoisotopic (exact) mass is 292 g/mol. The van der Waals surface area contributed by atoms with E-state index < -0.39 is 18.2 Å². The highest BCUT2D eigenvalue weighted by Crippen LogP contribution is 2.16. The second-order valence-electron chi connectivity index (χ2n) is 3.41. The standard InChI is InChI=1S/C13H12N2O6/c1-2-20-11(16)8-7-9-5-3-4-6-10(9)21-13(19)15-14-12(17)18/h3-6,14H,2H2,1H3,(H,15,19)(H,17,18). The summed E-state index contributed by atoms with van der Waals surface area (Å²) in [6, 6.07) is 6.19. The van der Waals surface area contributed by atoms with Crippen molar-refractivity contribution >= 4 is 18.2 Å². The van der Waals surface area contributed by atoms with Crippen molar-refractivity contribution < 1.29 is 29.0 Å². The van der Waals surface area contributed by atoms with Crippen molar-refractivity contribution in [1.82, 2.24) is 10.9 Å². The molecule has 0 fully saturated rings. The van der Waals surface area contributed by atoms with Gasteiger partial charge in [-0.1, -0.05) is 18.1 Å². The molecule has 0 atom stereocenters. The normalized spacial score (nSPS) is 8.81. The summed E-state index contributed by atoms with van der Waals surface area (Å²) in [4.78, 5) is 32.7. The van der Waals surface area contributed by atoms with Gasteiger partial charge in [-0.3, -0.25) is 0 Å². The van der Waals surface area contributed by atoms with Gasteiger partial charge in [0.25, 0.3) is 0 Å². The third-order valence-corrected chi connectivity index (χ3v) is 1.94. The van der Waals surface area contributed by atoms with Crippen molar-refractivity contribution in [3.8, 4) is 17.6 Å². The van der Waals surface area contributed by atoms with Crippen LogP contribution in [0.25, 0.3) is 0 Å². The number of amides is 2. The molecule has 0 spiro atoms. The summed E-state index contributed by atoms with van der Waals surface area (Å²) in [6.45, 7) is 1.85. The lowest BCUT2D eigenvalue weighted by Gasteiger charge is -2.07. The second-order valence-corrected chi connectivity index (χ2v) is 3.41. The summed E-state index contributed by atoms with van der Waals surface area (Å²) in [7, 11) is 0. The van der Waals surface area contributed by atoms with Crippen LogP contribution in [0.4, 0.5) is 9.59 Å². The van der Waals surface area contributed by atoms with Crippen LogP contribution in [0.5, 0.6) is 5.75 Å². The number of hydrogen-bond donors (Lipinski definition) is 3. The second kappa shape index (κ2) is 8.06. The van der Waals surface area contributed by atoms with E-state index >= 15 is 0 Å². The molecular formula is C13H12N2O6. The third-order valence-electron chi connectivity index (χ3n) is 1.94. The summed E-state index contributed by atoms with van der Waals surface area (Å²) in [6.07, 6.45) is -2.48. The molecular weight excluding hydrogens is 280 g/mol. The van der Waals surface area contributed by atoms with Gasteiger partial charge in [0.05, 0.1) is 12.2 Å². The van der Waals surface area contributed by atoms with Crippen LogP contribution in [-0.2, 0) is 9.53 Å². The molecule has 1 aromatic rings. The van der Waals surface area contributed by atoms with Gasteiger partial charge < -0.3 is 14.6 Å². The zero-order valence-electron chi connectivity index (χ0n) is 11.0. The molecule has 110 valence electrons. The lowest BCUT2D eigenvalue weighted by Crippen LogP contribution is -2.42. The van der Waals surface area contributed by atoms with Gasteiger partial charge >= 0.3 is 18.2 Å². The first-order valence-corrected chi connectivity index (χ1v) is 5.77. The van der Waals surface area contributed by atoms with Gasteiger partial charge in [0.1, 0.15) is 5.75 Å². The molecule has 0 aliphatic heterocycles. The number of benzene rings is 1. The average Bonchev–Trinajstić information content (AvgIpc) is 2.44. The number of esters is 1. The van der Waals surface area contributed by atoms with E-state index in [2.05, 4.69) is 16.6 Å². The molecule has 0 radical (unpaired) electrons. The van der Waals surface area contributed by atoms with Gasteiger partial charge in [-0.25, -0.2) is 25.2 Å². The van der Waals surface area contributed by atoms with Gasteiger partial charge in [0, 0.05) is 5.92 Å². The fourth-order valence-corrected chi connectivity index (χ4v) is 1.17. The number of hydrogen-bond acceptors (Lipinski definition) is 5. The van der Waals surface area contributed by atoms with Crippen molar-refractivity contribution in [2.45, 2.75) is 6.92 Å². The molecule has 0 aliphatic carbocycles. The Morgan fingerprint density at radius 2 is 1.95 bits per heavy atom. The first-order valence-electron chi connectivity index (χ1n) is 5.77. The van der Waals surface area contributed by atoms with Crippen LogP contribution in [-0.4, -0.2) is 29.9 Å². The molecule has 0 aromatic heterocycles.